The van der Waals surface area contributed by atoms with E-state index >= 15 is 0 Å². The zero-order chi connectivity index (χ0) is 18.7. The second-order valence-electron chi connectivity index (χ2n) is 7.00. The normalized spacial score (nSPS) is 23.0. The van der Waals surface area contributed by atoms with Gasteiger partial charge in [-0.05, 0) is 37.8 Å². The van der Waals surface area contributed by atoms with E-state index in [4.69, 9.17) is 0 Å². The molecule has 0 radical (unpaired) electrons. The molecule has 7 nitrogen and oxygen atoms in total. The van der Waals surface area contributed by atoms with Crippen molar-refractivity contribution in [1.82, 2.24) is 15.1 Å². The quantitative estimate of drug-likeness (QED) is 0.846. The number of likely N-dealkylation sites (tertiary alicyclic amines) is 2. The molecule has 0 saturated carbocycles. The highest BCUT2D eigenvalue weighted by atomic mass is 16.3. The van der Waals surface area contributed by atoms with Crippen LogP contribution in [0.15, 0.2) is 24.3 Å². The molecule has 1 aromatic carbocycles. The Balaban J connectivity index is 1.71. The molecule has 2 N–H and O–H groups in total. The van der Waals surface area contributed by atoms with Gasteiger partial charge in [0, 0.05) is 32.6 Å². The maximum atomic E-state index is 13.0. The molecule has 140 valence electrons. The summed E-state index contributed by atoms with van der Waals surface area (Å²) < 4.78 is 0. The van der Waals surface area contributed by atoms with Gasteiger partial charge in [0.15, 0.2) is 0 Å². The first-order valence-corrected chi connectivity index (χ1v) is 9.12. The van der Waals surface area contributed by atoms with Crippen molar-refractivity contribution < 1.29 is 19.5 Å². The summed E-state index contributed by atoms with van der Waals surface area (Å²) in [6.07, 6.45) is 3.07. The van der Waals surface area contributed by atoms with Crippen molar-refractivity contribution in [2.75, 3.05) is 19.6 Å². The minimum absolute atomic E-state index is 0.0334. The van der Waals surface area contributed by atoms with E-state index in [1.807, 2.05) is 0 Å². The molecule has 0 spiro atoms. The molecule has 2 atom stereocenters. The number of phenols is 1. The number of benzene rings is 1. The van der Waals surface area contributed by atoms with Gasteiger partial charge in [-0.15, -0.1) is 0 Å². The Kier molecular flexibility index (Phi) is 5.44. The molecular formula is C19H25N3O4. The Morgan fingerprint density at radius 2 is 1.85 bits per heavy atom. The van der Waals surface area contributed by atoms with Crippen LogP contribution in [0.2, 0.25) is 0 Å². The Bertz CT molecular complexity index is 706. The number of rotatable bonds is 3. The summed E-state index contributed by atoms with van der Waals surface area (Å²) in [6.45, 7) is 3.11. The molecule has 2 aliphatic rings. The Morgan fingerprint density at radius 1 is 1.12 bits per heavy atom. The van der Waals surface area contributed by atoms with Gasteiger partial charge >= 0.3 is 0 Å². The van der Waals surface area contributed by atoms with Gasteiger partial charge in [0.2, 0.25) is 11.8 Å². The number of phenolic OH excluding ortho intramolecular Hbond substituents is 1. The van der Waals surface area contributed by atoms with Crippen LogP contribution in [-0.2, 0) is 9.59 Å². The van der Waals surface area contributed by atoms with Crippen molar-refractivity contribution in [3.63, 3.8) is 0 Å². The third-order valence-corrected chi connectivity index (χ3v) is 5.07. The highest BCUT2D eigenvalue weighted by Gasteiger charge is 2.38. The van der Waals surface area contributed by atoms with Crippen LogP contribution in [0.1, 0.15) is 43.0 Å². The summed E-state index contributed by atoms with van der Waals surface area (Å²) in [4.78, 5) is 40.4. The minimum Gasteiger partial charge on any atom is -0.507 e. The van der Waals surface area contributed by atoms with Crippen LogP contribution in [0, 0.1) is 0 Å². The fraction of sp³-hybridized carbons (Fsp3) is 0.526. The summed E-state index contributed by atoms with van der Waals surface area (Å²) in [5.41, 5.74) is 0.224. The highest BCUT2D eigenvalue weighted by molar-refractivity contribution is 5.99. The average Bonchev–Trinajstić information content (AvgIpc) is 3.10. The number of para-hydroxylation sites is 1. The number of hydrogen-bond acceptors (Lipinski definition) is 4. The number of aromatic hydroxyl groups is 1. The van der Waals surface area contributed by atoms with Gasteiger partial charge in [0.1, 0.15) is 11.8 Å². The van der Waals surface area contributed by atoms with Gasteiger partial charge < -0.3 is 20.2 Å². The van der Waals surface area contributed by atoms with Gasteiger partial charge in [0.25, 0.3) is 5.91 Å². The van der Waals surface area contributed by atoms with Crippen LogP contribution in [0.4, 0.5) is 0 Å². The van der Waals surface area contributed by atoms with E-state index in [0.29, 0.717) is 26.1 Å². The molecule has 0 bridgehead atoms. The van der Waals surface area contributed by atoms with E-state index in [1.165, 1.54) is 13.0 Å². The van der Waals surface area contributed by atoms with Crippen molar-refractivity contribution in [3.05, 3.63) is 29.8 Å². The summed E-state index contributed by atoms with van der Waals surface area (Å²) in [5, 5.41) is 12.8. The maximum Gasteiger partial charge on any atom is 0.258 e. The van der Waals surface area contributed by atoms with Crippen molar-refractivity contribution in [2.45, 2.75) is 44.7 Å². The molecule has 2 unspecified atom stereocenters. The van der Waals surface area contributed by atoms with Crippen molar-refractivity contribution in [1.29, 1.82) is 0 Å². The van der Waals surface area contributed by atoms with E-state index < -0.39 is 6.04 Å². The average molecular weight is 359 g/mol. The fourth-order valence-corrected chi connectivity index (χ4v) is 3.87. The molecule has 2 saturated heterocycles. The number of amides is 3. The van der Waals surface area contributed by atoms with Crippen molar-refractivity contribution >= 4 is 17.7 Å². The number of carbonyl (C=O) groups excluding carboxylic acids is 3. The first-order chi connectivity index (χ1) is 12.5. The molecule has 3 amide bonds. The number of nitrogens with zero attached hydrogens (tertiary/aromatic N) is 2. The smallest absolute Gasteiger partial charge is 0.258 e. The summed E-state index contributed by atoms with van der Waals surface area (Å²) in [5.74, 6) is -0.545. The van der Waals surface area contributed by atoms with Gasteiger partial charge in [0.05, 0.1) is 5.56 Å². The second-order valence-corrected chi connectivity index (χ2v) is 7.00. The molecular weight excluding hydrogens is 334 g/mol. The lowest BCUT2D eigenvalue weighted by atomic mass is 10.0. The van der Waals surface area contributed by atoms with Gasteiger partial charge in [-0.25, -0.2) is 0 Å². The monoisotopic (exact) mass is 359 g/mol. The van der Waals surface area contributed by atoms with Gasteiger partial charge in [-0.3, -0.25) is 14.4 Å². The van der Waals surface area contributed by atoms with E-state index in [9.17, 15) is 19.5 Å². The lowest BCUT2D eigenvalue weighted by Crippen LogP contribution is -2.54. The highest BCUT2D eigenvalue weighted by Crippen LogP contribution is 2.26. The lowest BCUT2D eigenvalue weighted by molar-refractivity contribution is -0.137. The topological polar surface area (TPSA) is 90.0 Å². The zero-order valence-electron chi connectivity index (χ0n) is 15.0. The fourth-order valence-electron chi connectivity index (χ4n) is 3.87. The first-order valence-electron chi connectivity index (χ1n) is 9.12. The van der Waals surface area contributed by atoms with E-state index in [0.717, 1.165) is 19.3 Å². The van der Waals surface area contributed by atoms with Crippen molar-refractivity contribution in [3.8, 4) is 5.75 Å². The van der Waals surface area contributed by atoms with Crippen LogP contribution in [0.25, 0.3) is 0 Å². The summed E-state index contributed by atoms with van der Waals surface area (Å²) >= 11 is 0. The van der Waals surface area contributed by atoms with Crippen LogP contribution in [0.3, 0.4) is 0 Å². The van der Waals surface area contributed by atoms with Crippen LogP contribution < -0.4 is 5.32 Å². The maximum absolute atomic E-state index is 13.0. The number of piperidine rings is 1. The van der Waals surface area contributed by atoms with E-state index in [1.54, 1.807) is 28.0 Å². The molecule has 2 heterocycles. The molecule has 26 heavy (non-hydrogen) atoms. The molecule has 2 fully saturated rings. The SMILES string of the molecule is CC(=O)NC1CCCN(C(=O)C2CCCN2C(=O)c2ccccc2O)C1. The van der Waals surface area contributed by atoms with E-state index in [2.05, 4.69) is 5.32 Å². The summed E-state index contributed by atoms with van der Waals surface area (Å²) in [7, 11) is 0. The predicted molar refractivity (Wildman–Crippen MR) is 95.6 cm³/mol. The first kappa shape index (κ1) is 18.2. The summed E-state index contributed by atoms with van der Waals surface area (Å²) in [6, 6.07) is 5.87. The van der Waals surface area contributed by atoms with E-state index in [-0.39, 0.29) is 35.1 Å². The number of nitrogens with one attached hydrogen (secondary N) is 1. The molecule has 0 aromatic heterocycles. The molecule has 7 heteroatoms. The second kappa shape index (κ2) is 7.76. The van der Waals surface area contributed by atoms with Crippen LogP contribution >= 0.6 is 0 Å². The predicted octanol–water partition coefficient (Wildman–Crippen LogP) is 1.12. The largest absolute Gasteiger partial charge is 0.507 e. The Hall–Kier alpha value is -2.57. The number of carbonyl (C=O) groups is 3. The van der Waals surface area contributed by atoms with Crippen LogP contribution in [0.5, 0.6) is 5.75 Å². The third-order valence-electron chi connectivity index (χ3n) is 5.07. The molecule has 2 aliphatic heterocycles. The number of hydrogen-bond donors (Lipinski definition) is 2. The minimum atomic E-state index is -0.502. The Morgan fingerprint density at radius 3 is 2.58 bits per heavy atom. The van der Waals surface area contributed by atoms with Gasteiger partial charge in [-0.1, -0.05) is 12.1 Å². The van der Waals surface area contributed by atoms with Gasteiger partial charge in [-0.2, -0.15) is 0 Å². The third kappa shape index (κ3) is 3.81. The molecule has 1 aromatic rings. The standard InChI is InChI=1S/C19H25N3O4/c1-13(23)20-14-6-4-10-21(12-14)19(26)16-8-5-11-22(16)18(25)15-7-2-3-9-17(15)24/h2-3,7,9,14,16,24H,4-6,8,10-12H2,1H3,(H,20,23). The van der Waals surface area contributed by atoms with Crippen LogP contribution in [-0.4, -0.2) is 64.3 Å². The molecule has 3 rings (SSSR count). The Labute approximate surface area is 153 Å². The zero-order valence-corrected chi connectivity index (χ0v) is 15.0. The lowest BCUT2D eigenvalue weighted by Gasteiger charge is -2.36. The molecule has 0 aliphatic carbocycles. The van der Waals surface area contributed by atoms with Crippen molar-refractivity contribution in [2.24, 2.45) is 0 Å².